The molecule has 6 aromatic rings. The molecule has 0 aliphatic rings. The summed E-state index contributed by atoms with van der Waals surface area (Å²) in [6, 6.07) is 29.5. The van der Waals surface area contributed by atoms with E-state index in [0.717, 1.165) is 39.0 Å². The highest BCUT2D eigenvalue weighted by molar-refractivity contribution is 6.30. The van der Waals surface area contributed by atoms with Gasteiger partial charge in [0.1, 0.15) is 18.4 Å². The summed E-state index contributed by atoms with van der Waals surface area (Å²) in [4.78, 5) is 13.5. The van der Waals surface area contributed by atoms with E-state index in [-0.39, 0.29) is 0 Å². The Morgan fingerprint density at radius 2 is 1.60 bits per heavy atom. The molecule has 0 spiro atoms. The number of benzene rings is 3. The summed E-state index contributed by atoms with van der Waals surface area (Å²) in [6.45, 7) is 0. The van der Waals surface area contributed by atoms with Crippen LogP contribution in [0.15, 0.2) is 110 Å². The molecular formula is C28H18ClN5O. The Morgan fingerprint density at radius 1 is 0.800 bits per heavy atom. The van der Waals surface area contributed by atoms with Crippen molar-refractivity contribution in [2.24, 2.45) is 0 Å². The van der Waals surface area contributed by atoms with Gasteiger partial charge in [-0.1, -0.05) is 54.1 Å². The summed E-state index contributed by atoms with van der Waals surface area (Å²) in [5.41, 5.74) is 5.58. The van der Waals surface area contributed by atoms with Crippen LogP contribution < -0.4 is 4.74 Å². The van der Waals surface area contributed by atoms with Crippen molar-refractivity contribution in [2.45, 2.75) is 0 Å². The van der Waals surface area contributed by atoms with Crippen LogP contribution in [0.2, 0.25) is 5.02 Å². The van der Waals surface area contributed by atoms with Crippen LogP contribution in [0.5, 0.6) is 11.6 Å². The van der Waals surface area contributed by atoms with Crippen LogP contribution in [0.4, 0.5) is 0 Å². The number of rotatable bonds is 5. The molecule has 0 saturated carbocycles. The van der Waals surface area contributed by atoms with E-state index < -0.39 is 0 Å². The molecule has 7 heteroatoms. The lowest BCUT2D eigenvalue weighted by Crippen LogP contribution is -1.96. The predicted octanol–water partition coefficient (Wildman–Crippen LogP) is 6.99. The minimum absolute atomic E-state index is 0.489. The van der Waals surface area contributed by atoms with E-state index in [2.05, 4.69) is 33.3 Å². The Hall–Kier alpha value is -4.55. The number of hydrogen-bond acceptors (Lipinski definition) is 5. The van der Waals surface area contributed by atoms with E-state index in [0.29, 0.717) is 16.7 Å². The maximum Gasteiger partial charge on any atom is 0.228 e. The van der Waals surface area contributed by atoms with Crippen LogP contribution in [0.1, 0.15) is 0 Å². The van der Waals surface area contributed by atoms with Gasteiger partial charge in [0.05, 0.1) is 22.3 Å². The molecule has 3 heterocycles. The molecule has 0 saturated heterocycles. The van der Waals surface area contributed by atoms with Crippen molar-refractivity contribution in [2.75, 3.05) is 0 Å². The van der Waals surface area contributed by atoms with Gasteiger partial charge in [-0.15, -0.1) is 0 Å². The number of nitrogens with zero attached hydrogens (tertiary/aromatic N) is 5. The van der Waals surface area contributed by atoms with Crippen LogP contribution in [-0.2, 0) is 0 Å². The van der Waals surface area contributed by atoms with E-state index >= 15 is 0 Å². The third-order valence-corrected chi connectivity index (χ3v) is 5.90. The van der Waals surface area contributed by atoms with Crippen molar-refractivity contribution in [3.8, 4) is 39.7 Å². The second kappa shape index (κ2) is 9.00. The molecule has 3 aromatic heterocycles. The first-order valence-corrected chi connectivity index (χ1v) is 11.4. The van der Waals surface area contributed by atoms with Crippen molar-refractivity contribution >= 4 is 22.5 Å². The zero-order valence-corrected chi connectivity index (χ0v) is 19.2. The van der Waals surface area contributed by atoms with Crippen LogP contribution in [0, 0.1) is 0 Å². The fourth-order valence-corrected chi connectivity index (χ4v) is 4.06. The smallest absolute Gasteiger partial charge is 0.228 e. The van der Waals surface area contributed by atoms with E-state index in [9.17, 15) is 0 Å². The first-order chi connectivity index (χ1) is 17.2. The third kappa shape index (κ3) is 4.23. The van der Waals surface area contributed by atoms with Crippen molar-refractivity contribution < 1.29 is 4.74 Å². The molecule has 35 heavy (non-hydrogen) atoms. The Kier molecular flexibility index (Phi) is 5.41. The molecule has 0 amide bonds. The summed E-state index contributed by atoms with van der Waals surface area (Å²) in [6.07, 6.45) is 4.86. The van der Waals surface area contributed by atoms with E-state index in [1.54, 1.807) is 17.2 Å². The SMILES string of the molecule is Clc1ccc(-c2nc3ccnc(Oc4ccc(-n5cncn5)cc4)c3cc2-c2ccccc2)cc1. The molecule has 0 bridgehead atoms. The molecule has 0 atom stereocenters. The number of aromatic nitrogens is 5. The summed E-state index contributed by atoms with van der Waals surface area (Å²) in [5, 5.41) is 5.66. The molecular weight excluding hydrogens is 458 g/mol. The highest BCUT2D eigenvalue weighted by atomic mass is 35.5. The molecule has 0 aliphatic carbocycles. The summed E-state index contributed by atoms with van der Waals surface area (Å²) in [5.74, 6) is 1.15. The Balaban J connectivity index is 1.45. The molecule has 6 nitrogen and oxygen atoms in total. The maximum absolute atomic E-state index is 6.20. The van der Waals surface area contributed by atoms with Gasteiger partial charge in [-0.25, -0.2) is 19.6 Å². The monoisotopic (exact) mass is 475 g/mol. The average Bonchev–Trinajstić information content (AvgIpc) is 3.45. The first-order valence-electron chi connectivity index (χ1n) is 11.0. The molecule has 0 fully saturated rings. The molecule has 0 N–H and O–H groups in total. The normalized spacial score (nSPS) is 11.0. The highest BCUT2D eigenvalue weighted by Crippen LogP contribution is 2.37. The number of ether oxygens (including phenoxy) is 1. The second-order valence-electron chi connectivity index (χ2n) is 7.88. The summed E-state index contributed by atoms with van der Waals surface area (Å²) in [7, 11) is 0. The molecule has 3 aromatic carbocycles. The minimum atomic E-state index is 0.489. The largest absolute Gasteiger partial charge is 0.438 e. The minimum Gasteiger partial charge on any atom is -0.438 e. The third-order valence-electron chi connectivity index (χ3n) is 5.64. The van der Waals surface area contributed by atoms with Crippen LogP contribution in [0.25, 0.3) is 39.0 Å². The second-order valence-corrected chi connectivity index (χ2v) is 8.31. The van der Waals surface area contributed by atoms with Gasteiger partial charge in [0.2, 0.25) is 5.88 Å². The van der Waals surface area contributed by atoms with Gasteiger partial charge in [0.15, 0.2) is 0 Å². The number of hydrogen-bond donors (Lipinski definition) is 0. The van der Waals surface area contributed by atoms with Crippen molar-refractivity contribution in [3.05, 3.63) is 115 Å². The zero-order chi connectivity index (χ0) is 23.6. The molecule has 0 radical (unpaired) electrons. The maximum atomic E-state index is 6.20. The average molecular weight is 476 g/mol. The standard InChI is InChI=1S/C28H18ClN5O/c29-21-8-6-20(7-9-21)27-24(19-4-2-1-3-5-19)16-25-26(33-27)14-15-31-28(25)35-23-12-10-22(11-13-23)34-18-30-17-32-34/h1-18H. The van der Waals surface area contributed by atoms with Gasteiger partial charge < -0.3 is 4.74 Å². The molecule has 168 valence electrons. The van der Waals surface area contributed by atoms with Crippen molar-refractivity contribution in [1.29, 1.82) is 0 Å². The van der Waals surface area contributed by atoms with Crippen LogP contribution >= 0.6 is 11.6 Å². The van der Waals surface area contributed by atoms with Gasteiger partial charge >= 0.3 is 0 Å². The van der Waals surface area contributed by atoms with Gasteiger partial charge in [-0.2, -0.15) is 5.10 Å². The Bertz CT molecular complexity index is 1600. The van der Waals surface area contributed by atoms with E-state index in [4.69, 9.17) is 21.3 Å². The lowest BCUT2D eigenvalue weighted by atomic mass is 9.98. The number of halogens is 1. The van der Waals surface area contributed by atoms with Gasteiger partial charge in [0.25, 0.3) is 0 Å². The summed E-state index contributed by atoms with van der Waals surface area (Å²) < 4.78 is 7.89. The fourth-order valence-electron chi connectivity index (χ4n) is 3.94. The van der Waals surface area contributed by atoms with Crippen molar-refractivity contribution in [1.82, 2.24) is 24.7 Å². The predicted molar refractivity (Wildman–Crippen MR) is 137 cm³/mol. The van der Waals surface area contributed by atoms with E-state index in [1.807, 2.05) is 72.8 Å². The lowest BCUT2D eigenvalue weighted by Gasteiger charge is -2.14. The van der Waals surface area contributed by atoms with Crippen LogP contribution in [-0.4, -0.2) is 24.7 Å². The first kappa shape index (κ1) is 21.0. The Labute approximate surface area is 206 Å². The zero-order valence-electron chi connectivity index (χ0n) is 18.4. The Morgan fingerprint density at radius 3 is 2.34 bits per heavy atom. The number of pyridine rings is 2. The van der Waals surface area contributed by atoms with E-state index in [1.165, 1.54) is 6.33 Å². The fraction of sp³-hybridized carbons (Fsp3) is 0. The van der Waals surface area contributed by atoms with Crippen LogP contribution in [0.3, 0.4) is 0 Å². The molecule has 0 unspecified atom stereocenters. The highest BCUT2D eigenvalue weighted by Gasteiger charge is 2.15. The summed E-state index contributed by atoms with van der Waals surface area (Å²) >= 11 is 6.13. The van der Waals surface area contributed by atoms with Gasteiger partial charge in [-0.05, 0) is 54.1 Å². The van der Waals surface area contributed by atoms with Crippen molar-refractivity contribution in [3.63, 3.8) is 0 Å². The molecule has 6 rings (SSSR count). The molecule has 0 aliphatic heterocycles. The topological polar surface area (TPSA) is 65.7 Å². The quantitative estimate of drug-likeness (QED) is 0.269. The number of fused-ring (bicyclic) bond motifs is 1. The lowest BCUT2D eigenvalue weighted by molar-refractivity contribution is 0.469. The van der Waals surface area contributed by atoms with Gasteiger partial charge in [-0.3, -0.25) is 0 Å². The van der Waals surface area contributed by atoms with Gasteiger partial charge in [0, 0.05) is 22.3 Å².